The smallest absolute Gasteiger partial charge is 0.309 e. The average Bonchev–Trinajstić information content (AvgIpc) is 2.58. The van der Waals surface area contributed by atoms with Crippen LogP contribution in [-0.4, -0.2) is 23.7 Å². The molecule has 1 aliphatic carbocycles. The second-order valence-electron chi connectivity index (χ2n) is 7.30. The van der Waals surface area contributed by atoms with E-state index in [1.54, 1.807) is 0 Å². The third-order valence-corrected chi connectivity index (χ3v) is 5.30. The van der Waals surface area contributed by atoms with Crippen molar-refractivity contribution in [1.29, 1.82) is 0 Å². The third-order valence-electron chi connectivity index (χ3n) is 5.30. The summed E-state index contributed by atoms with van der Waals surface area (Å²) in [5.74, 6) is -1.39. The Kier molecular flexibility index (Phi) is 10.8. The predicted octanol–water partition coefficient (Wildman–Crippen LogP) is 5.20. The van der Waals surface area contributed by atoms with Gasteiger partial charge in [0.15, 0.2) is 0 Å². The molecule has 0 bridgehead atoms. The molecule has 0 aromatic heterocycles. The molecule has 3 atom stereocenters. The highest BCUT2D eigenvalue weighted by atomic mass is 16.5. The van der Waals surface area contributed by atoms with Crippen molar-refractivity contribution in [3.8, 4) is 0 Å². The van der Waals surface area contributed by atoms with Crippen LogP contribution in [0.3, 0.4) is 0 Å². The molecule has 0 spiro atoms. The zero-order chi connectivity index (χ0) is 17.8. The maximum atomic E-state index is 12.2. The standard InChI is InChI=1S/C20H36O4/c1-3-5-6-11-16(10-4-2)12-9-15-24-20(23)18-14-8-7-13-17(18)19(21)22/h16-18H,3-15H2,1-2H3,(H,21,22). The Morgan fingerprint density at radius 2 is 1.62 bits per heavy atom. The number of rotatable bonds is 12. The largest absolute Gasteiger partial charge is 0.481 e. The quantitative estimate of drug-likeness (QED) is 0.392. The summed E-state index contributed by atoms with van der Waals surface area (Å²) in [4.78, 5) is 23.5. The summed E-state index contributed by atoms with van der Waals surface area (Å²) in [7, 11) is 0. The number of aliphatic carboxylic acids is 1. The van der Waals surface area contributed by atoms with E-state index < -0.39 is 17.8 Å². The molecule has 140 valence electrons. The maximum Gasteiger partial charge on any atom is 0.309 e. The van der Waals surface area contributed by atoms with E-state index in [2.05, 4.69) is 13.8 Å². The first-order valence-corrected chi connectivity index (χ1v) is 9.99. The second-order valence-corrected chi connectivity index (χ2v) is 7.30. The number of carbonyl (C=O) groups is 2. The molecule has 1 rings (SSSR count). The van der Waals surface area contributed by atoms with E-state index in [0.717, 1.165) is 31.6 Å². The highest BCUT2D eigenvalue weighted by Crippen LogP contribution is 2.31. The third kappa shape index (κ3) is 7.67. The van der Waals surface area contributed by atoms with Crippen molar-refractivity contribution in [2.24, 2.45) is 17.8 Å². The zero-order valence-electron chi connectivity index (χ0n) is 15.6. The van der Waals surface area contributed by atoms with Crippen LogP contribution in [0, 0.1) is 17.8 Å². The zero-order valence-corrected chi connectivity index (χ0v) is 15.6. The lowest BCUT2D eigenvalue weighted by atomic mass is 9.79. The number of hydrogen-bond acceptors (Lipinski definition) is 3. The molecule has 0 heterocycles. The van der Waals surface area contributed by atoms with Crippen LogP contribution in [0.2, 0.25) is 0 Å². The van der Waals surface area contributed by atoms with Crippen LogP contribution in [0.25, 0.3) is 0 Å². The maximum absolute atomic E-state index is 12.2. The molecule has 1 fully saturated rings. The molecule has 4 nitrogen and oxygen atoms in total. The van der Waals surface area contributed by atoms with E-state index in [1.165, 1.54) is 38.5 Å². The summed E-state index contributed by atoms with van der Waals surface area (Å²) in [6.07, 6.45) is 12.7. The fourth-order valence-corrected chi connectivity index (χ4v) is 3.88. The van der Waals surface area contributed by atoms with Gasteiger partial charge in [-0.2, -0.15) is 0 Å². The van der Waals surface area contributed by atoms with Crippen LogP contribution in [0.15, 0.2) is 0 Å². The highest BCUT2D eigenvalue weighted by Gasteiger charge is 2.36. The van der Waals surface area contributed by atoms with Gasteiger partial charge in [0.2, 0.25) is 0 Å². The van der Waals surface area contributed by atoms with Gasteiger partial charge in [-0.05, 0) is 31.6 Å². The SMILES string of the molecule is CCCCCC(CCC)CCCOC(=O)C1CCCCC1C(=O)O. The molecular formula is C20H36O4. The van der Waals surface area contributed by atoms with Crippen LogP contribution in [0.1, 0.15) is 90.9 Å². The van der Waals surface area contributed by atoms with Crippen LogP contribution >= 0.6 is 0 Å². The topological polar surface area (TPSA) is 63.6 Å². The van der Waals surface area contributed by atoms with Crippen LogP contribution < -0.4 is 0 Å². The van der Waals surface area contributed by atoms with Crippen LogP contribution in [-0.2, 0) is 14.3 Å². The molecule has 0 aromatic carbocycles. The molecule has 0 saturated heterocycles. The van der Waals surface area contributed by atoms with Crippen LogP contribution in [0.5, 0.6) is 0 Å². The molecule has 3 unspecified atom stereocenters. The molecule has 1 aliphatic rings. The van der Waals surface area contributed by atoms with Gasteiger partial charge < -0.3 is 9.84 Å². The van der Waals surface area contributed by atoms with E-state index in [4.69, 9.17) is 4.74 Å². The lowest BCUT2D eigenvalue weighted by Crippen LogP contribution is -2.34. The van der Waals surface area contributed by atoms with Gasteiger partial charge in [-0.1, -0.05) is 65.2 Å². The van der Waals surface area contributed by atoms with E-state index >= 15 is 0 Å². The van der Waals surface area contributed by atoms with Gasteiger partial charge in [0.1, 0.15) is 0 Å². The van der Waals surface area contributed by atoms with Crippen molar-refractivity contribution >= 4 is 11.9 Å². The lowest BCUT2D eigenvalue weighted by Gasteiger charge is -2.26. The van der Waals surface area contributed by atoms with Gasteiger partial charge in [0, 0.05) is 0 Å². The Bertz CT molecular complexity index is 367. The Morgan fingerprint density at radius 3 is 2.25 bits per heavy atom. The minimum atomic E-state index is -0.851. The van der Waals surface area contributed by atoms with E-state index in [1.807, 2.05) is 0 Å². The van der Waals surface area contributed by atoms with Crippen molar-refractivity contribution in [3.05, 3.63) is 0 Å². The van der Waals surface area contributed by atoms with E-state index in [9.17, 15) is 14.7 Å². The first-order valence-electron chi connectivity index (χ1n) is 9.99. The molecule has 4 heteroatoms. The first kappa shape index (κ1) is 21.0. The molecule has 24 heavy (non-hydrogen) atoms. The first-order chi connectivity index (χ1) is 11.6. The predicted molar refractivity (Wildman–Crippen MR) is 95.8 cm³/mol. The molecule has 0 aliphatic heterocycles. The minimum Gasteiger partial charge on any atom is -0.481 e. The molecule has 1 N–H and O–H groups in total. The van der Waals surface area contributed by atoms with E-state index in [-0.39, 0.29) is 5.97 Å². The summed E-state index contributed by atoms with van der Waals surface area (Å²) in [5, 5.41) is 9.26. The van der Waals surface area contributed by atoms with E-state index in [0.29, 0.717) is 19.4 Å². The number of carboxylic acid groups (broad SMARTS) is 1. The molecule has 0 amide bonds. The van der Waals surface area contributed by atoms with Gasteiger partial charge in [-0.15, -0.1) is 0 Å². The van der Waals surface area contributed by atoms with Crippen molar-refractivity contribution in [2.45, 2.75) is 90.9 Å². The Labute approximate surface area is 147 Å². The number of hydrogen-bond donors (Lipinski definition) is 1. The van der Waals surface area contributed by atoms with Crippen molar-refractivity contribution in [3.63, 3.8) is 0 Å². The molecular weight excluding hydrogens is 304 g/mol. The van der Waals surface area contributed by atoms with Gasteiger partial charge in [0.05, 0.1) is 18.4 Å². The number of esters is 1. The number of carbonyl (C=O) groups excluding carboxylic acids is 1. The van der Waals surface area contributed by atoms with Gasteiger partial charge in [0.25, 0.3) is 0 Å². The average molecular weight is 341 g/mol. The normalized spacial score (nSPS) is 22.1. The Balaban J connectivity index is 2.28. The van der Waals surface area contributed by atoms with Crippen LogP contribution in [0.4, 0.5) is 0 Å². The highest BCUT2D eigenvalue weighted by molar-refractivity contribution is 5.81. The minimum absolute atomic E-state index is 0.292. The fraction of sp³-hybridized carbons (Fsp3) is 0.900. The summed E-state index contributed by atoms with van der Waals surface area (Å²) in [6.45, 7) is 4.89. The van der Waals surface area contributed by atoms with Crippen molar-refractivity contribution in [2.75, 3.05) is 6.61 Å². The summed E-state index contributed by atoms with van der Waals surface area (Å²) in [5.41, 5.74) is 0. The molecule has 0 radical (unpaired) electrons. The lowest BCUT2D eigenvalue weighted by molar-refractivity contribution is -0.159. The summed E-state index contributed by atoms with van der Waals surface area (Å²) < 4.78 is 5.41. The van der Waals surface area contributed by atoms with Gasteiger partial charge >= 0.3 is 11.9 Å². The molecule has 1 saturated carbocycles. The second kappa shape index (κ2) is 12.3. The Hall–Kier alpha value is -1.06. The summed E-state index contributed by atoms with van der Waals surface area (Å²) >= 11 is 0. The summed E-state index contributed by atoms with van der Waals surface area (Å²) in [6, 6.07) is 0. The Morgan fingerprint density at radius 1 is 0.958 bits per heavy atom. The fourth-order valence-electron chi connectivity index (χ4n) is 3.88. The number of carboxylic acids is 1. The van der Waals surface area contributed by atoms with Gasteiger partial charge in [-0.3, -0.25) is 9.59 Å². The number of ether oxygens (including phenoxy) is 1. The van der Waals surface area contributed by atoms with Crippen molar-refractivity contribution in [1.82, 2.24) is 0 Å². The molecule has 0 aromatic rings. The van der Waals surface area contributed by atoms with Gasteiger partial charge in [-0.25, -0.2) is 0 Å². The monoisotopic (exact) mass is 340 g/mol. The van der Waals surface area contributed by atoms with Crippen molar-refractivity contribution < 1.29 is 19.4 Å². The number of unbranched alkanes of at least 4 members (excludes halogenated alkanes) is 2.